The first-order chi connectivity index (χ1) is 15.7. The molecule has 0 aliphatic carbocycles. The number of H-pyrrole nitrogens is 1. The van der Waals surface area contributed by atoms with Crippen molar-refractivity contribution in [3.05, 3.63) is 44.0 Å². The Kier molecular flexibility index (Phi) is 7.37. The molecule has 0 unspecified atom stereocenters. The molecule has 3 rings (SSSR count). The van der Waals surface area contributed by atoms with E-state index >= 15 is 0 Å². The smallest absolute Gasteiger partial charge is 0.361 e. The van der Waals surface area contributed by atoms with E-state index in [1.54, 1.807) is 13.8 Å². The van der Waals surface area contributed by atoms with E-state index in [4.69, 9.17) is 14.2 Å². The summed E-state index contributed by atoms with van der Waals surface area (Å²) in [5, 5.41) is 36.8. The Morgan fingerprint density at radius 2 is 1.82 bits per heavy atom. The van der Waals surface area contributed by atoms with E-state index in [1.807, 2.05) is 4.98 Å². The molecule has 1 aliphatic heterocycles. The van der Waals surface area contributed by atoms with Crippen LogP contribution in [-0.4, -0.2) is 89.9 Å². The van der Waals surface area contributed by atoms with Crippen LogP contribution < -0.4 is 11.2 Å². The summed E-state index contributed by atoms with van der Waals surface area (Å²) < 4.78 is 16.9. The molecule has 0 bridgehead atoms. The van der Waals surface area contributed by atoms with Crippen molar-refractivity contribution in [3.8, 4) is 0 Å². The van der Waals surface area contributed by atoms with Crippen LogP contribution in [0.15, 0.2) is 15.8 Å². The van der Waals surface area contributed by atoms with E-state index in [2.05, 4.69) is 10.3 Å². The fourth-order valence-corrected chi connectivity index (χ4v) is 3.26. The monoisotopic (exact) mass is 469 g/mol. The van der Waals surface area contributed by atoms with E-state index < -0.39 is 66.6 Å². The van der Waals surface area contributed by atoms with Crippen LogP contribution in [-0.2, 0) is 20.8 Å². The zero-order chi connectivity index (χ0) is 24.3. The molecule has 0 spiro atoms. The van der Waals surface area contributed by atoms with Gasteiger partial charge in [-0.2, -0.15) is 0 Å². The predicted molar refractivity (Wildman–Crippen MR) is 105 cm³/mol. The number of nitrogens with zero attached hydrogens (tertiary/aromatic N) is 4. The van der Waals surface area contributed by atoms with Gasteiger partial charge in [-0.1, -0.05) is 5.21 Å². The van der Waals surface area contributed by atoms with E-state index in [0.717, 1.165) is 15.4 Å². The maximum absolute atomic E-state index is 12.4. The number of aliphatic hydroxyl groups is 3. The summed E-state index contributed by atoms with van der Waals surface area (Å²) in [7, 11) is 0. The van der Waals surface area contributed by atoms with E-state index in [9.17, 15) is 34.5 Å². The molecule has 33 heavy (non-hydrogen) atoms. The zero-order valence-corrected chi connectivity index (χ0v) is 17.7. The molecule has 0 saturated carbocycles. The summed E-state index contributed by atoms with van der Waals surface area (Å²) in [6, 6.07) is 0. The number of hydrogen-bond acceptors (Lipinski definition) is 12. The number of aromatic nitrogens is 5. The van der Waals surface area contributed by atoms with Crippen molar-refractivity contribution in [1.82, 2.24) is 24.5 Å². The molecule has 2 aromatic rings. The first-order valence-electron chi connectivity index (χ1n) is 9.97. The van der Waals surface area contributed by atoms with Gasteiger partial charge in [0, 0.05) is 6.20 Å². The number of rotatable bonds is 8. The largest absolute Gasteiger partial charge is 0.461 e. The van der Waals surface area contributed by atoms with Gasteiger partial charge in [0.1, 0.15) is 18.3 Å². The Balaban J connectivity index is 2.01. The Morgan fingerprint density at radius 1 is 1.15 bits per heavy atom. The van der Waals surface area contributed by atoms with Crippen molar-refractivity contribution >= 4 is 11.9 Å². The van der Waals surface area contributed by atoms with Crippen LogP contribution in [0.2, 0.25) is 0 Å². The van der Waals surface area contributed by atoms with Gasteiger partial charge in [0.2, 0.25) is 5.69 Å². The molecule has 15 heteroatoms. The summed E-state index contributed by atoms with van der Waals surface area (Å²) in [5.74, 6) is -1.85. The van der Waals surface area contributed by atoms with Gasteiger partial charge in [-0.25, -0.2) is 19.1 Å². The number of nitrogens with one attached hydrogen (secondary N) is 1. The lowest BCUT2D eigenvalue weighted by Crippen LogP contribution is -2.39. The number of aromatic amines is 1. The molecule has 3 heterocycles. The third-order valence-corrected chi connectivity index (χ3v) is 4.83. The van der Waals surface area contributed by atoms with Gasteiger partial charge in [-0.05, 0) is 13.8 Å². The van der Waals surface area contributed by atoms with Crippen molar-refractivity contribution in [2.75, 3.05) is 19.8 Å². The van der Waals surface area contributed by atoms with Gasteiger partial charge in [0.05, 0.1) is 31.9 Å². The fraction of sp³-hybridized carbons (Fsp3) is 0.556. The fourth-order valence-electron chi connectivity index (χ4n) is 3.26. The summed E-state index contributed by atoms with van der Waals surface area (Å²) in [5.41, 5.74) is -2.69. The second-order valence-electron chi connectivity index (χ2n) is 6.93. The number of ether oxygens (including phenoxy) is 3. The second-order valence-corrected chi connectivity index (χ2v) is 6.93. The number of hydrogen-bond donors (Lipinski definition) is 4. The van der Waals surface area contributed by atoms with Gasteiger partial charge in [-0.3, -0.25) is 14.3 Å². The van der Waals surface area contributed by atoms with Crippen molar-refractivity contribution in [2.24, 2.45) is 0 Å². The van der Waals surface area contributed by atoms with Crippen LogP contribution in [0.3, 0.4) is 0 Å². The van der Waals surface area contributed by atoms with Crippen LogP contribution >= 0.6 is 0 Å². The Bertz CT molecular complexity index is 1140. The molecule has 0 aromatic carbocycles. The highest BCUT2D eigenvalue weighted by Crippen LogP contribution is 2.28. The van der Waals surface area contributed by atoms with Crippen molar-refractivity contribution < 1.29 is 39.1 Å². The average molecular weight is 469 g/mol. The second kappa shape index (κ2) is 10.0. The number of carbonyl (C=O) groups is 2. The number of aliphatic hydroxyl groups excluding tert-OH is 3. The molecule has 4 atom stereocenters. The highest BCUT2D eigenvalue weighted by Gasteiger charge is 2.44. The third kappa shape index (κ3) is 4.70. The minimum Gasteiger partial charge on any atom is -0.461 e. The van der Waals surface area contributed by atoms with Crippen LogP contribution in [0.4, 0.5) is 0 Å². The van der Waals surface area contributed by atoms with Gasteiger partial charge in [-0.15, -0.1) is 5.10 Å². The van der Waals surface area contributed by atoms with E-state index in [-0.39, 0.29) is 24.5 Å². The summed E-state index contributed by atoms with van der Waals surface area (Å²) in [6.07, 6.45) is -4.56. The number of carbonyl (C=O) groups excluding carboxylic acids is 2. The first-order valence-corrected chi connectivity index (χ1v) is 9.97. The normalized spacial score (nSPS) is 22.3. The Morgan fingerprint density at radius 3 is 2.42 bits per heavy atom. The molecule has 0 amide bonds. The highest BCUT2D eigenvalue weighted by molar-refractivity contribution is 6.00. The van der Waals surface area contributed by atoms with Gasteiger partial charge in [0.25, 0.3) is 5.56 Å². The van der Waals surface area contributed by atoms with Crippen molar-refractivity contribution in [3.63, 3.8) is 0 Å². The quantitative estimate of drug-likeness (QED) is 0.288. The lowest BCUT2D eigenvalue weighted by Gasteiger charge is -2.18. The van der Waals surface area contributed by atoms with Crippen LogP contribution in [0.25, 0.3) is 0 Å². The van der Waals surface area contributed by atoms with Crippen LogP contribution in [0.1, 0.15) is 46.6 Å². The topological polar surface area (TPSA) is 208 Å². The molecule has 15 nitrogen and oxygen atoms in total. The van der Waals surface area contributed by atoms with Crippen molar-refractivity contribution in [2.45, 2.75) is 44.9 Å². The van der Waals surface area contributed by atoms with Gasteiger partial charge < -0.3 is 29.5 Å². The molecule has 1 aliphatic rings. The standard InChI is InChI=1S/C18H23N5O10/c1-3-31-16(28)10-11(17(29)32-4-2)23(21-20-10)6-8-5-22(18(30)19-14(8)27)15-13(26)12(25)9(7-24)33-15/h5,9,12-13,15,24-26H,3-4,6-7H2,1-2H3,(H,19,27,30)/t9-,12-,13-,15-/m1/s1. The van der Waals surface area contributed by atoms with Gasteiger partial charge in [0.15, 0.2) is 11.9 Å². The minimum absolute atomic E-state index is 0.0109. The molecule has 0 radical (unpaired) electrons. The van der Waals surface area contributed by atoms with Crippen molar-refractivity contribution in [1.29, 1.82) is 0 Å². The lowest BCUT2D eigenvalue weighted by atomic mass is 10.1. The molecule has 1 fully saturated rings. The molecule has 2 aromatic heterocycles. The third-order valence-electron chi connectivity index (χ3n) is 4.83. The van der Waals surface area contributed by atoms with Crippen LogP contribution in [0, 0.1) is 0 Å². The SMILES string of the molecule is CCOC(=O)c1nnn(Cc2cn([C@@H]3O[C@H](CO)[C@@H](O)[C@H]3O)c(=O)[nH]c2=O)c1C(=O)OCC. The first kappa shape index (κ1) is 24.2. The Labute approximate surface area is 185 Å². The van der Waals surface area contributed by atoms with E-state index in [1.165, 1.54) is 0 Å². The van der Waals surface area contributed by atoms with Gasteiger partial charge >= 0.3 is 17.6 Å². The summed E-state index contributed by atoms with van der Waals surface area (Å²) in [4.78, 5) is 51.3. The van der Waals surface area contributed by atoms with E-state index in [0.29, 0.717) is 0 Å². The maximum atomic E-state index is 12.4. The zero-order valence-electron chi connectivity index (χ0n) is 17.7. The summed E-state index contributed by atoms with van der Waals surface area (Å²) >= 11 is 0. The Hall–Kier alpha value is -3.40. The molecule has 180 valence electrons. The predicted octanol–water partition coefficient (Wildman–Crippen LogP) is -2.86. The van der Waals surface area contributed by atoms with Crippen LogP contribution in [0.5, 0.6) is 0 Å². The molecule has 4 N–H and O–H groups in total. The number of esters is 2. The average Bonchev–Trinajstić information content (AvgIpc) is 3.32. The highest BCUT2D eigenvalue weighted by atomic mass is 16.6. The lowest BCUT2D eigenvalue weighted by molar-refractivity contribution is -0.0551. The summed E-state index contributed by atoms with van der Waals surface area (Å²) in [6.45, 7) is 2.08. The molecular weight excluding hydrogens is 446 g/mol. The minimum atomic E-state index is -1.57. The maximum Gasteiger partial charge on any atom is 0.361 e. The molecule has 1 saturated heterocycles. The molecular formula is C18H23N5O10.